The monoisotopic (exact) mass is 426 g/mol. The normalized spacial score (nSPS) is 11.3. The Balaban J connectivity index is 0. The molecule has 0 bridgehead atoms. The summed E-state index contributed by atoms with van der Waals surface area (Å²) >= 11 is 1.44. The van der Waals surface area contributed by atoms with Gasteiger partial charge in [-0.15, -0.1) is 0 Å². The van der Waals surface area contributed by atoms with Crippen LogP contribution in [0.1, 0.15) is 110 Å². The lowest BCUT2D eigenvalue weighted by atomic mass is 10.0. The number of aliphatic hydroxyl groups is 1. The molecule has 166 valence electrons. The summed E-state index contributed by atoms with van der Waals surface area (Å²) in [6, 6.07) is 0. The van der Waals surface area contributed by atoms with Gasteiger partial charge in [-0.3, -0.25) is 0 Å². The van der Waals surface area contributed by atoms with Crippen LogP contribution in [0.4, 0.5) is 0 Å². The van der Waals surface area contributed by atoms with Crippen LogP contribution in [0, 0.1) is 0 Å². The van der Waals surface area contributed by atoms with Gasteiger partial charge in [0.2, 0.25) is 0 Å². The topological polar surface area (TPSA) is 77.4 Å². The van der Waals surface area contributed by atoms with Gasteiger partial charge in [0.25, 0.3) is 0 Å². The average molecular weight is 427 g/mol. The number of hydrogen-bond acceptors (Lipinski definition) is 4. The van der Waals surface area contributed by atoms with Crippen LogP contribution in [0.25, 0.3) is 0 Å². The third kappa shape index (κ3) is 34.2. The maximum Gasteiger partial charge on any atom is 0.128 e. The van der Waals surface area contributed by atoms with Crippen LogP contribution >= 0.6 is 0 Å². The van der Waals surface area contributed by atoms with Crippen molar-refractivity contribution in [2.45, 2.75) is 110 Å². The summed E-state index contributed by atoms with van der Waals surface area (Å²) in [4.78, 5) is 0. The fourth-order valence-corrected chi connectivity index (χ4v) is 4.16. The highest BCUT2D eigenvalue weighted by atomic mass is 32.2. The summed E-state index contributed by atoms with van der Waals surface area (Å²) in [6.07, 6.45) is 20.5. The second-order valence-corrected chi connectivity index (χ2v) is 10.1. The Hall–Kier alpha value is 0.220. The zero-order valence-corrected chi connectivity index (χ0v) is 19.7. The van der Waals surface area contributed by atoms with E-state index in [9.17, 15) is 13.0 Å². The molecule has 0 radical (unpaired) electrons. The third-order valence-electron chi connectivity index (χ3n) is 4.38. The van der Waals surface area contributed by atoms with Crippen molar-refractivity contribution < 1.29 is 18.1 Å². The van der Waals surface area contributed by atoms with Crippen LogP contribution in [0.2, 0.25) is 0 Å². The highest BCUT2D eigenvalue weighted by Gasteiger charge is 1.97. The van der Waals surface area contributed by atoms with E-state index in [0.717, 1.165) is 5.75 Å². The summed E-state index contributed by atoms with van der Waals surface area (Å²) in [5, 5.41) is 8.67. The lowest BCUT2D eigenvalue weighted by Crippen LogP contribution is -2.01. The molecule has 0 aromatic carbocycles. The summed E-state index contributed by atoms with van der Waals surface area (Å²) in [7, 11) is -3.92. The zero-order valence-electron chi connectivity index (χ0n) is 18.0. The Kier molecular flexibility index (Phi) is 26.4. The van der Waals surface area contributed by atoms with Crippen LogP contribution in [0.3, 0.4) is 0 Å². The summed E-state index contributed by atoms with van der Waals surface area (Å²) in [6.45, 7) is 4.30. The van der Waals surface area contributed by atoms with Crippen molar-refractivity contribution in [3.63, 3.8) is 0 Å². The van der Waals surface area contributed by atoms with Crippen molar-refractivity contribution in [2.75, 3.05) is 23.9 Å². The molecule has 0 spiro atoms. The minimum absolute atomic E-state index is 0.243. The largest absolute Gasteiger partial charge is 0.748 e. The Labute approximate surface area is 174 Å². The van der Waals surface area contributed by atoms with Crippen LogP contribution in [-0.2, 0) is 21.9 Å². The van der Waals surface area contributed by atoms with Gasteiger partial charge in [0, 0.05) is 5.75 Å². The molecule has 0 aromatic heterocycles. The molecule has 0 aliphatic heterocycles. The first kappa shape index (κ1) is 29.4. The van der Waals surface area contributed by atoms with Gasteiger partial charge in [0.1, 0.15) is 11.5 Å². The van der Waals surface area contributed by atoms with E-state index in [1.54, 1.807) is 6.92 Å². The summed E-state index contributed by atoms with van der Waals surface area (Å²) in [5.74, 6) is 2.02. The molecule has 0 saturated carbocycles. The minimum Gasteiger partial charge on any atom is -0.748 e. The van der Waals surface area contributed by atoms with Crippen molar-refractivity contribution in [3.8, 4) is 0 Å². The first-order valence-corrected chi connectivity index (χ1v) is 14.0. The number of aliphatic hydroxyl groups excluding tert-OH is 1. The number of thiol groups is 1. The van der Waals surface area contributed by atoms with Gasteiger partial charge in [-0.2, -0.15) is 0 Å². The van der Waals surface area contributed by atoms with Gasteiger partial charge >= 0.3 is 0 Å². The minimum atomic E-state index is -3.92. The van der Waals surface area contributed by atoms with Crippen LogP contribution < -0.4 is 0 Å². The summed E-state index contributed by atoms with van der Waals surface area (Å²) in [5.41, 5.74) is 0. The second-order valence-electron chi connectivity index (χ2n) is 7.25. The molecule has 0 aliphatic carbocycles. The highest BCUT2D eigenvalue weighted by Crippen LogP contribution is 2.12. The Bertz CT molecular complexity index is 341. The van der Waals surface area contributed by atoms with E-state index in [1.807, 2.05) is 0 Å². The molecule has 0 aliphatic rings. The molecule has 0 atom stereocenters. The van der Waals surface area contributed by atoms with Crippen molar-refractivity contribution in [3.05, 3.63) is 0 Å². The quantitative estimate of drug-likeness (QED) is 0.133. The van der Waals surface area contributed by atoms with E-state index in [0.29, 0.717) is 13.0 Å². The van der Waals surface area contributed by atoms with Gasteiger partial charge in [-0.1, -0.05) is 90.9 Å². The standard InChI is InChI=1S/C18H38OS.C3H8O3S/c1-2-3-4-5-6-7-8-9-10-11-12-13-14-15-17-20-18-16-19;1-2-3-7(4,5)6/h19H,2-18H2,1H3;2-3H2,1H3,(H,4,5,6). The first-order chi connectivity index (χ1) is 13.0. The van der Waals surface area contributed by atoms with E-state index < -0.39 is 10.1 Å². The van der Waals surface area contributed by atoms with Gasteiger partial charge < -0.3 is 9.66 Å². The van der Waals surface area contributed by atoms with Crippen LogP contribution in [0.15, 0.2) is 0 Å². The zero-order chi connectivity index (χ0) is 20.6. The Morgan fingerprint density at radius 3 is 1.37 bits per heavy atom. The predicted octanol–water partition coefficient (Wildman–Crippen LogP) is 5.22. The molecule has 0 aromatic rings. The molecular weight excluding hydrogens is 380 g/mol. The molecule has 0 heterocycles. The molecule has 27 heavy (non-hydrogen) atoms. The fraction of sp³-hybridized carbons (Fsp3) is 1.00. The second kappa shape index (κ2) is 24.3. The maximum atomic E-state index is 9.68. The van der Waals surface area contributed by atoms with Crippen molar-refractivity contribution in [1.82, 2.24) is 0 Å². The molecule has 1 N–H and O–H groups in total. The molecule has 6 heteroatoms. The molecule has 4 nitrogen and oxygen atoms in total. The number of unbranched alkanes of at least 4 members (excludes halogenated alkanes) is 13. The number of rotatable bonds is 19. The average Bonchev–Trinajstić information content (AvgIpc) is 2.61. The fourth-order valence-electron chi connectivity index (χ4n) is 2.85. The van der Waals surface area contributed by atoms with E-state index in [1.165, 1.54) is 107 Å². The van der Waals surface area contributed by atoms with Crippen LogP contribution in [0.5, 0.6) is 0 Å². The molecule has 0 saturated heterocycles. The van der Waals surface area contributed by atoms with E-state index in [2.05, 4.69) is 6.92 Å². The summed E-state index contributed by atoms with van der Waals surface area (Å²) < 4.78 is 29.0. The maximum absolute atomic E-state index is 9.68. The smallest absolute Gasteiger partial charge is 0.128 e. The van der Waals surface area contributed by atoms with Crippen molar-refractivity contribution >= 4 is 21.9 Å². The molecule has 0 rings (SSSR count). The van der Waals surface area contributed by atoms with E-state index in [4.69, 9.17) is 5.11 Å². The highest BCUT2D eigenvalue weighted by molar-refractivity contribution is 7.85. The van der Waals surface area contributed by atoms with E-state index >= 15 is 0 Å². The molecule has 0 amide bonds. The van der Waals surface area contributed by atoms with Crippen molar-refractivity contribution in [1.29, 1.82) is 0 Å². The lowest BCUT2D eigenvalue weighted by molar-refractivity contribution is 0.322. The third-order valence-corrected chi connectivity index (χ3v) is 6.44. The van der Waals surface area contributed by atoms with Gasteiger partial charge in [0.15, 0.2) is 0 Å². The van der Waals surface area contributed by atoms with Gasteiger partial charge in [0.05, 0.1) is 16.7 Å². The molecular formula is C21H46O4S2. The van der Waals surface area contributed by atoms with Gasteiger partial charge in [-0.05, 0) is 31.0 Å². The van der Waals surface area contributed by atoms with E-state index in [-0.39, 0.29) is 5.75 Å². The first-order valence-electron chi connectivity index (χ1n) is 11.2. The molecule has 0 fully saturated rings. The van der Waals surface area contributed by atoms with Gasteiger partial charge in [-0.25, -0.2) is 8.42 Å². The Morgan fingerprint density at radius 2 is 1.07 bits per heavy atom. The SMILES string of the molecule is CCCCCCCCCCCCCCCC[SH+]CCO.CCCS(=O)(=O)[O-]. The predicted molar refractivity (Wildman–Crippen MR) is 121 cm³/mol. The molecule has 0 unspecified atom stereocenters. The lowest BCUT2D eigenvalue weighted by Gasteiger charge is -2.02. The Morgan fingerprint density at radius 1 is 0.667 bits per heavy atom. The van der Waals surface area contributed by atoms with Crippen LogP contribution in [-0.4, -0.2) is 41.9 Å². The number of hydrogen-bond donors (Lipinski definition) is 1. The van der Waals surface area contributed by atoms with Crippen molar-refractivity contribution in [2.24, 2.45) is 0 Å².